The van der Waals surface area contributed by atoms with Crippen molar-refractivity contribution >= 4 is 12.0 Å². The van der Waals surface area contributed by atoms with E-state index in [0.29, 0.717) is 11.5 Å². The van der Waals surface area contributed by atoms with Crippen molar-refractivity contribution in [3.05, 3.63) is 60.2 Å². The fraction of sp³-hybridized carbons (Fsp3) is 0.333. The lowest BCUT2D eigenvalue weighted by Gasteiger charge is -2.15. The maximum Gasteiger partial charge on any atom is 0.251 e. The lowest BCUT2D eigenvalue weighted by molar-refractivity contribution is 0.0947. The van der Waals surface area contributed by atoms with Gasteiger partial charge in [0.25, 0.3) is 5.91 Å². The smallest absolute Gasteiger partial charge is 0.251 e. The van der Waals surface area contributed by atoms with Gasteiger partial charge in [-0.25, -0.2) is 4.98 Å². The van der Waals surface area contributed by atoms with Crippen molar-refractivity contribution < 1.29 is 4.79 Å². The molecule has 23 heavy (non-hydrogen) atoms. The van der Waals surface area contributed by atoms with E-state index in [-0.39, 0.29) is 5.91 Å². The summed E-state index contributed by atoms with van der Waals surface area (Å²) < 4.78 is 0. The Morgan fingerprint density at radius 2 is 2.26 bits per heavy atom. The van der Waals surface area contributed by atoms with Crippen LogP contribution >= 0.6 is 0 Å². The second kappa shape index (κ2) is 7.24. The Hall–Kier alpha value is -2.40. The lowest BCUT2D eigenvalue weighted by Crippen LogP contribution is -2.31. The molecule has 0 saturated carbocycles. The van der Waals surface area contributed by atoms with E-state index in [1.165, 1.54) is 0 Å². The number of imidazole rings is 1. The number of aromatic amines is 1. The minimum absolute atomic E-state index is 0.00682. The van der Waals surface area contributed by atoms with E-state index in [1.54, 1.807) is 12.4 Å². The second-order valence-corrected chi connectivity index (χ2v) is 6.00. The van der Waals surface area contributed by atoms with Gasteiger partial charge in [0.05, 0.1) is 6.33 Å². The highest BCUT2D eigenvalue weighted by Gasteiger charge is 2.23. The maximum absolute atomic E-state index is 12.2. The summed E-state index contributed by atoms with van der Waals surface area (Å²) in [4.78, 5) is 21.7. The Kier molecular flexibility index (Phi) is 4.88. The van der Waals surface area contributed by atoms with Crippen LogP contribution in [-0.2, 0) is 6.54 Å². The van der Waals surface area contributed by atoms with Gasteiger partial charge in [-0.1, -0.05) is 24.8 Å². The summed E-state index contributed by atoms with van der Waals surface area (Å²) in [7, 11) is 0. The minimum Gasteiger partial charge on any atom is -0.352 e. The summed E-state index contributed by atoms with van der Waals surface area (Å²) >= 11 is 0. The molecule has 2 aromatic rings. The Morgan fingerprint density at radius 1 is 1.43 bits per heavy atom. The number of rotatable bonds is 6. The van der Waals surface area contributed by atoms with E-state index in [2.05, 4.69) is 26.8 Å². The predicted molar refractivity (Wildman–Crippen MR) is 90.8 cm³/mol. The van der Waals surface area contributed by atoms with Crippen molar-refractivity contribution in [1.82, 2.24) is 20.2 Å². The number of nitrogens with one attached hydrogen (secondary N) is 2. The quantitative estimate of drug-likeness (QED) is 0.860. The van der Waals surface area contributed by atoms with Crippen molar-refractivity contribution in [2.24, 2.45) is 5.92 Å². The summed E-state index contributed by atoms with van der Waals surface area (Å²) in [5.41, 5.74) is 2.85. The zero-order valence-electron chi connectivity index (χ0n) is 13.2. The number of H-pyrrole nitrogens is 1. The summed E-state index contributed by atoms with van der Waals surface area (Å²) in [5.74, 6) is 0.502. The molecular weight excluding hydrogens is 288 g/mol. The standard InChI is InChI=1S/C18H22N4O/c1-2-14-3-5-16(6-4-14)18(23)20-9-15-7-8-22(11-15)12-17-10-19-13-21-17/h2-6,10,13,15H,1,7-9,11-12H2,(H,19,21)(H,20,23). The molecule has 0 radical (unpaired) electrons. The van der Waals surface area contributed by atoms with Crippen LogP contribution in [0.25, 0.3) is 6.08 Å². The molecule has 1 atom stereocenters. The number of carbonyl (C=O) groups is 1. The fourth-order valence-corrected chi connectivity index (χ4v) is 2.94. The molecule has 5 nitrogen and oxygen atoms in total. The number of amides is 1. The van der Waals surface area contributed by atoms with Gasteiger partial charge < -0.3 is 10.3 Å². The third-order valence-corrected chi connectivity index (χ3v) is 4.28. The van der Waals surface area contributed by atoms with Gasteiger partial charge in [-0.05, 0) is 36.6 Å². The summed E-state index contributed by atoms with van der Waals surface area (Å²) in [6.45, 7) is 7.41. The molecule has 1 aliphatic heterocycles. The van der Waals surface area contributed by atoms with Gasteiger partial charge >= 0.3 is 0 Å². The number of carbonyl (C=O) groups excluding carboxylic acids is 1. The van der Waals surface area contributed by atoms with Crippen LogP contribution in [0.2, 0.25) is 0 Å². The third-order valence-electron chi connectivity index (χ3n) is 4.28. The number of nitrogens with zero attached hydrogens (tertiary/aromatic N) is 2. The van der Waals surface area contributed by atoms with Crippen molar-refractivity contribution in [3.8, 4) is 0 Å². The van der Waals surface area contributed by atoms with Gasteiger partial charge in [-0.3, -0.25) is 9.69 Å². The van der Waals surface area contributed by atoms with E-state index in [4.69, 9.17) is 0 Å². The van der Waals surface area contributed by atoms with Crippen LogP contribution in [0.1, 0.15) is 28.0 Å². The van der Waals surface area contributed by atoms with Gasteiger partial charge in [0.15, 0.2) is 0 Å². The highest BCUT2D eigenvalue weighted by Crippen LogP contribution is 2.17. The van der Waals surface area contributed by atoms with Gasteiger partial charge in [-0.2, -0.15) is 0 Å². The van der Waals surface area contributed by atoms with Crippen LogP contribution in [0.3, 0.4) is 0 Å². The van der Waals surface area contributed by atoms with Crippen LogP contribution in [-0.4, -0.2) is 40.4 Å². The van der Waals surface area contributed by atoms with Gasteiger partial charge in [0.2, 0.25) is 0 Å². The minimum atomic E-state index is -0.00682. The number of aromatic nitrogens is 2. The van der Waals surface area contributed by atoms with Crippen molar-refractivity contribution in [2.75, 3.05) is 19.6 Å². The van der Waals surface area contributed by atoms with E-state index in [9.17, 15) is 4.79 Å². The van der Waals surface area contributed by atoms with E-state index < -0.39 is 0 Å². The number of hydrogen-bond acceptors (Lipinski definition) is 3. The Morgan fingerprint density at radius 3 is 2.96 bits per heavy atom. The number of benzene rings is 1. The molecular formula is C18H22N4O. The molecule has 1 aliphatic rings. The first kappa shape index (κ1) is 15.5. The molecule has 1 aromatic heterocycles. The zero-order valence-corrected chi connectivity index (χ0v) is 13.2. The molecule has 0 spiro atoms. The van der Waals surface area contributed by atoms with E-state index >= 15 is 0 Å². The van der Waals surface area contributed by atoms with Gasteiger partial charge in [0.1, 0.15) is 0 Å². The monoisotopic (exact) mass is 310 g/mol. The van der Waals surface area contributed by atoms with Crippen LogP contribution < -0.4 is 5.32 Å². The molecule has 2 heterocycles. The molecule has 1 saturated heterocycles. The highest BCUT2D eigenvalue weighted by molar-refractivity contribution is 5.94. The molecule has 0 bridgehead atoms. The Bertz CT molecular complexity index is 648. The number of hydrogen-bond donors (Lipinski definition) is 2. The highest BCUT2D eigenvalue weighted by atomic mass is 16.1. The van der Waals surface area contributed by atoms with Crippen LogP contribution in [0.5, 0.6) is 0 Å². The molecule has 2 N–H and O–H groups in total. The molecule has 120 valence electrons. The molecule has 1 unspecified atom stereocenters. The molecule has 1 fully saturated rings. The summed E-state index contributed by atoms with van der Waals surface area (Å²) in [6.07, 6.45) is 6.46. The van der Waals surface area contributed by atoms with Crippen LogP contribution in [0, 0.1) is 5.92 Å². The van der Waals surface area contributed by atoms with Gasteiger partial charge in [0, 0.05) is 37.1 Å². The Balaban J connectivity index is 1.45. The molecule has 3 rings (SSSR count). The average molecular weight is 310 g/mol. The van der Waals surface area contributed by atoms with E-state index in [0.717, 1.165) is 43.9 Å². The first-order chi connectivity index (χ1) is 11.2. The zero-order chi connectivity index (χ0) is 16.1. The van der Waals surface area contributed by atoms with Crippen molar-refractivity contribution in [2.45, 2.75) is 13.0 Å². The predicted octanol–water partition coefficient (Wildman–Crippen LogP) is 2.30. The lowest BCUT2D eigenvalue weighted by atomic mass is 10.1. The Labute approximate surface area is 136 Å². The summed E-state index contributed by atoms with van der Waals surface area (Å²) in [5, 5.41) is 3.05. The third kappa shape index (κ3) is 4.07. The first-order valence-electron chi connectivity index (χ1n) is 7.95. The van der Waals surface area contributed by atoms with Gasteiger partial charge in [-0.15, -0.1) is 0 Å². The van der Waals surface area contributed by atoms with Crippen molar-refractivity contribution in [3.63, 3.8) is 0 Å². The SMILES string of the molecule is C=Cc1ccc(C(=O)NCC2CCN(Cc3cnc[nH]3)C2)cc1. The normalized spacial score (nSPS) is 18.0. The molecule has 1 amide bonds. The second-order valence-electron chi connectivity index (χ2n) is 6.00. The van der Waals surface area contributed by atoms with E-state index in [1.807, 2.05) is 30.5 Å². The van der Waals surface area contributed by atoms with Crippen LogP contribution in [0.15, 0.2) is 43.4 Å². The topological polar surface area (TPSA) is 61.0 Å². The molecule has 5 heteroatoms. The molecule has 1 aromatic carbocycles. The fourth-order valence-electron chi connectivity index (χ4n) is 2.94. The summed E-state index contributed by atoms with van der Waals surface area (Å²) in [6, 6.07) is 7.49. The first-order valence-corrected chi connectivity index (χ1v) is 7.95. The van der Waals surface area contributed by atoms with Crippen LogP contribution in [0.4, 0.5) is 0 Å². The largest absolute Gasteiger partial charge is 0.352 e. The molecule has 0 aliphatic carbocycles. The maximum atomic E-state index is 12.2. The van der Waals surface area contributed by atoms with Crippen molar-refractivity contribution in [1.29, 1.82) is 0 Å². The average Bonchev–Trinajstić information content (AvgIpc) is 3.25. The number of likely N-dealkylation sites (tertiary alicyclic amines) is 1.